The first kappa shape index (κ1) is 23.6. The van der Waals surface area contributed by atoms with E-state index in [1.807, 2.05) is 0 Å². The number of benzene rings is 2. The number of aliphatic hydroxyl groups is 1. The lowest BCUT2D eigenvalue weighted by Crippen LogP contribution is -2.35. The van der Waals surface area contributed by atoms with Gasteiger partial charge in [0.15, 0.2) is 0 Å². The van der Waals surface area contributed by atoms with Crippen molar-refractivity contribution < 1.29 is 23.4 Å². The average molecular weight is 508 g/mol. The molecule has 3 N–H and O–H groups in total. The zero-order chi connectivity index (χ0) is 23.4. The van der Waals surface area contributed by atoms with Gasteiger partial charge in [-0.3, -0.25) is 9.59 Å². The summed E-state index contributed by atoms with van der Waals surface area (Å²) in [5, 5.41) is 11.8. The predicted molar refractivity (Wildman–Crippen MR) is 117 cm³/mol. The first-order valence-electron chi connectivity index (χ1n) is 9.59. The Balaban J connectivity index is 1.93. The Kier molecular flexibility index (Phi) is 7.37. The molecule has 0 radical (unpaired) electrons. The Morgan fingerprint density at radius 2 is 2.03 bits per heavy atom. The van der Waals surface area contributed by atoms with Crippen LogP contribution in [0.1, 0.15) is 28.4 Å². The average Bonchev–Trinajstić information content (AvgIpc) is 2.75. The van der Waals surface area contributed by atoms with Gasteiger partial charge in [0.25, 0.3) is 11.5 Å². The number of H-pyrrole nitrogens is 1. The zero-order valence-electron chi connectivity index (χ0n) is 17.2. The number of nitrogens with zero attached hydrogens (tertiary/aromatic N) is 1. The van der Waals surface area contributed by atoms with Gasteiger partial charge in [-0.05, 0) is 59.6 Å². The number of carbonyl (C=O) groups is 1. The number of amides is 1. The molecule has 0 spiro atoms. The molecule has 7 nitrogen and oxygen atoms in total. The van der Waals surface area contributed by atoms with Crippen molar-refractivity contribution in [3.63, 3.8) is 0 Å². The normalized spacial score (nSPS) is 11.8. The summed E-state index contributed by atoms with van der Waals surface area (Å²) in [7, 11) is 0. The summed E-state index contributed by atoms with van der Waals surface area (Å²) in [6.45, 7) is 2.96. The van der Waals surface area contributed by atoms with Gasteiger partial charge in [0.1, 0.15) is 28.5 Å². The number of rotatable bonds is 7. The van der Waals surface area contributed by atoms with Gasteiger partial charge in [-0.2, -0.15) is 4.98 Å². The molecule has 0 aliphatic carbocycles. The smallest absolute Gasteiger partial charge is 0.269 e. The number of aromatic amines is 1. The molecule has 32 heavy (non-hydrogen) atoms. The molecule has 1 heterocycles. The molecule has 0 saturated heterocycles. The summed E-state index contributed by atoms with van der Waals surface area (Å²) in [6.07, 6.45) is 0. The van der Waals surface area contributed by atoms with E-state index in [1.54, 1.807) is 32.0 Å². The van der Waals surface area contributed by atoms with E-state index in [4.69, 9.17) is 9.84 Å². The van der Waals surface area contributed by atoms with E-state index in [0.717, 1.165) is 17.7 Å². The van der Waals surface area contributed by atoms with Gasteiger partial charge >= 0.3 is 0 Å². The molecule has 1 amide bonds. The number of aryl methyl sites for hydroxylation is 1. The molecule has 0 aliphatic rings. The Morgan fingerprint density at radius 3 is 2.72 bits per heavy atom. The van der Waals surface area contributed by atoms with Crippen molar-refractivity contribution in [1.82, 2.24) is 15.3 Å². The lowest BCUT2D eigenvalue weighted by Gasteiger charge is -2.13. The summed E-state index contributed by atoms with van der Waals surface area (Å²) in [5.41, 5.74) is 1.09. The highest BCUT2D eigenvalue weighted by Crippen LogP contribution is 2.26. The number of aliphatic hydroxyl groups excluding tert-OH is 1. The van der Waals surface area contributed by atoms with E-state index < -0.39 is 29.1 Å². The third-order valence-electron chi connectivity index (χ3n) is 4.62. The van der Waals surface area contributed by atoms with Crippen LogP contribution < -0.4 is 15.6 Å². The number of halogens is 3. The second-order valence-electron chi connectivity index (χ2n) is 7.14. The molecule has 10 heteroatoms. The van der Waals surface area contributed by atoms with Crippen LogP contribution in [-0.2, 0) is 6.61 Å². The standard InChI is InChI=1S/C22H20BrF2N3O4/c1-11-3-4-13(20(30)26-12(2)9-29)7-16(11)19-27-21(31)18(23)22(28-19)32-10-14-5-6-15(24)8-17(14)25/h3-8,12,29H,9-10H2,1-2H3,(H,26,30)(H,27,28,31)/t12-/m0/s1. The Bertz CT molecular complexity index is 1220. The lowest BCUT2D eigenvalue weighted by atomic mass is 10.0. The Hall–Kier alpha value is -3.11. The second-order valence-corrected chi connectivity index (χ2v) is 7.94. The van der Waals surface area contributed by atoms with Crippen LogP contribution in [0.5, 0.6) is 5.88 Å². The van der Waals surface area contributed by atoms with Crippen LogP contribution in [0.3, 0.4) is 0 Å². The minimum Gasteiger partial charge on any atom is -0.472 e. The Morgan fingerprint density at radius 1 is 1.28 bits per heavy atom. The van der Waals surface area contributed by atoms with Crippen molar-refractivity contribution in [3.8, 4) is 17.3 Å². The summed E-state index contributed by atoms with van der Waals surface area (Å²) in [5.74, 6) is -1.82. The SMILES string of the molecule is Cc1ccc(C(=O)N[C@@H](C)CO)cc1-c1nc(OCc2ccc(F)cc2F)c(Br)c(=O)[nH]1. The predicted octanol–water partition coefficient (Wildman–Crippen LogP) is 3.48. The van der Waals surface area contributed by atoms with Crippen LogP contribution in [-0.4, -0.2) is 33.6 Å². The minimum absolute atomic E-state index is 0.00657. The zero-order valence-corrected chi connectivity index (χ0v) is 18.8. The molecule has 1 atom stereocenters. The molecule has 3 rings (SSSR count). The third kappa shape index (κ3) is 5.38. The fraction of sp³-hybridized carbons (Fsp3) is 0.227. The van der Waals surface area contributed by atoms with Gasteiger partial charge in [-0.25, -0.2) is 8.78 Å². The van der Waals surface area contributed by atoms with Crippen molar-refractivity contribution >= 4 is 21.8 Å². The van der Waals surface area contributed by atoms with E-state index in [9.17, 15) is 18.4 Å². The number of hydrogen-bond acceptors (Lipinski definition) is 5. The maximum Gasteiger partial charge on any atom is 0.269 e. The van der Waals surface area contributed by atoms with E-state index in [-0.39, 0.29) is 35.0 Å². The molecule has 0 saturated carbocycles. The quantitative estimate of drug-likeness (QED) is 0.454. The minimum atomic E-state index is -0.780. The van der Waals surface area contributed by atoms with Gasteiger partial charge in [0.2, 0.25) is 5.88 Å². The fourth-order valence-corrected chi connectivity index (χ4v) is 3.12. The molecular formula is C22H20BrF2N3O4. The summed E-state index contributed by atoms with van der Waals surface area (Å²) in [6, 6.07) is 7.53. The van der Waals surface area contributed by atoms with Crippen molar-refractivity contribution in [2.24, 2.45) is 0 Å². The molecule has 0 fully saturated rings. The van der Waals surface area contributed by atoms with Crippen molar-refractivity contribution in [2.45, 2.75) is 26.5 Å². The van der Waals surface area contributed by atoms with E-state index in [1.165, 1.54) is 6.07 Å². The maximum atomic E-state index is 13.9. The van der Waals surface area contributed by atoms with E-state index in [0.29, 0.717) is 11.1 Å². The van der Waals surface area contributed by atoms with Gasteiger partial charge < -0.3 is 20.1 Å². The van der Waals surface area contributed by atoms with Crippen LogP contribution in [0.15, 0.2) is 45.7 Å². The molecule has 1 aromatic heterocycles. The van der Waals surface area contributed by atoms with Gasteiger partial charge in [-0.1, -0.05) is 6.07 Å². The number of carbonyl (C=O) groups excluding carboxylic acids is 1. The maximum absolute atomic E-state index is 13.9. The van der Waals surface area contributed by atoms with Gasteiger partial charge in [0.05, 0.1) is 6.61 Å². The van der Waals surface area contributed by atoms with Crippen LogP contribution in [0.2, 0.25) is 0 Å². The topological polar surface area (TPSA) is 104 Å². The second kappa shape index (κ2) is 10.0. The number of nitrogens with one attached hydrogen (secondary N) is 2. The van der Waals surface area contributed by atoms with E-state index >= 15 is 0 Å². The summed E-state index contributed by atoms with van der Waals surface area (Å²) >= 11 is 3.11. The molecule has 168 valence electrons. The number of hydrogen-bond donors (Lipinski definition) is 3. The molecule has 0 unspecified atom stereocenters. The molecular weight excluding hydrogens is 488 g/mol. The first-order valence-corrected chi connectivity index (χ1v) is 10.4. The number of aromatic nitrogens is 2. The highest BCUT2D eigenvalue weighted by Gasteiger charge is 2.17. The molecule has 0 bridgehead atoms. The largest absolute Gasteiger partial charge is 0.472 e. The molecule has 0 aliphatic heterocycles. The summed E-state index contributed by atoms with van der Waals surface area (Å²) < 4.78 is 32.5. The Labute approximate surface area is 190 Å². The molecule has 3 aromatic rings. The highest BCUT2D eigenvalue weighted by atomic mass is 79.9. The van der Waals surface area contributed by atoms with Crippen LogP contribution >= 0.6 is 15.9 Å². The highest BCUT2D eigenvalue weighted by molar-refractivity contribution is 9.10. The van der Waals surface area contributed by atoms with Crippen molar-refractivity contribution in [3.05, 3.63) is 79.5 Å². The monoisotopic (exact) mass is 507 g/mol. The third-order valence-corrected chi connectivity index (χ3v) is 5.32. The summed E-state index contributed by atoms with van der Waals surface area (Å²) in [4.78, 5) is 31.8. The first-order chi connectivity index (χ1) is 15.2. The van der Waals surface area contributed by atoms with Gasteiger partial charge in [0, 0.05) is 28.8 Å². The van der Waals surface area contributed by atoms with Crippen molar-refractivity contribution in [1.29, 1.82) is 0 Å². The molecule has 2 aromatic carbocycles. The van der Waals surface area contributed by atoms with Crippen molar-refractivity contribution in [2.75, 3.05) is 6.61 Å². The van der Waals surface area contributed by atoms with Crippen LogP contribution in [0.4, 0.5) is 8.78 Å². The van der Waals surface area contributed by atoms with Crippen LogP contribution in [0, 0.1) is 18.6 Å². The van der Waals surface area contributed by atoms with Gasteiger partial charge in [-0.15, -0.1) is 0 Å². The number of ether oxygens (including phenoxy) is 1. The van der Waals surface area contributed by atoms with E-state index in [2.05, 4.69) is 31.2 Å². The fourth-order valence-electron chi connectivity index (χ4n) is 2.82. The van der Waals surface area contributed by atoms with Crippen LogP contribution in [0.25, 0.3) is 11.4 Å². The lowest BCUT2D eigenvalue weighted by molar-refractivity contribution is 0.0922.